The molecular formula is C4H17AlO2P2. The van der Waals surface area contributed by atoms with E-state index in [0.29, 0.717) is 12.3 Å². The predicted octanol–water partition coefficient (Wildman–Crippen LogP) is 0.171. The molecule has 0 fully saturated rings. The minimum Gasteiger partial charge on any atom is -0.344 e. The highest BCUT2D eigenvalue weighted by Gasteiger charge is 2.08. The third-order valence-corrected chi connectivity index (χ3v) is 2.96. The maximum atomic E-state index is 10.5. The molecule has 1 unspecified atom stereocenters. The third-order valence-electron chi connectivity index (χ3n) is 0.988. The van der Waals surface area contributed by atoms with Crippen molar-refractivity contribution in [2.24, 2.45) is 0 Å². The summed E-state index contributed by atoms with van der Waals surface area (Å²) in [5, 5.41) is 0. The summed E-state index contributed by atoms with van der Waals surface area (Å²) in [7, 11) is -2.65. The van der Waals surface area contributed by atoms with Crippen molar-refractivity contribution in [3.63, 3.8) is 0 Å². The lowest BCUT2D eigenvalue weighted by molar-refractivity contribution is 0.481. The first-order valence-corrected chi connectivity index (χ1v) is 4.46. The molecule has 0 aliphatic rings. The minimum absolute atomic E-state index is 0. The topological polar surface area (TPSA) is 37.3 Å². The van der Waals surface area contributed by atoms with E-state index in [2.05, 4.69) is 0 Å². The number of hydrogen-bond donors (Lipinski definition) is 1. The zero-order valence-corrected chi connectivity index (χ0v) is 7.73. The molecule has 0 amide bonds. The Bertz CT molecular complexity index is 88.6. The Balaban J connectivity index is -0.000000180. The molecule has 0 heterocycles. The molecule has 1 atom stereocenters. The average molecular weight is 186 g/mol. The molecule has 0 spiro atoms. The highest BCUT2D eigenvalue weighted by Crippen LogP contribution is 2.38. The van der Waals surface area contributed by atoms with Crippen LogP contribution in [0.1, 0.15) is 13.8 Å². The van der Waals surface area contributed by atoms with Crippen LogP contribution in [0.15, 0.2) is 0 Å². The van der Waals surface area contributed by atoms with Crippen molar-refractivity contribution in [3.05, 3.63) is 0 Å². The number of rotatable bonds is 2. The fourth-order valence-electron chi connectivity index (χ4n) is 0.224. The summed E-state index contributed by atoms with van der Waals surface area (Å²) in [5.74, 6) is 0. The summed E-state index contributed by atoms with van der Waals surface area (Å²) in [6, 6.07) is 0. The fraction of sp³-hybridized carbons (Fsp3) is 1.00. The molecule has 0 aromatic rings. The van der Waals surface area contributed by atoms with Crippen LogP contribution < -0.4 is 0 Å². The van der Waals surface area contributed by atoms with E-state index in [1.165, 1.54) is 0 Å². The van der Waals surface area contributed by atoms with Crippen molar-refractivity contribution in [1.82, 2.24) is 0 Å². The maximum Gasteiger partial charge on any atom is 0.200 e. The van der Waals surface area contributed by atoms with E-state index < -0.39 is 7.37 Å². The van der Waals surface area contributed by atoms with Gasteiger partial charge < -0.3 is 4.89 Å². The van der Waals surface area contributed by atoms with Crippen LogP contribution in [0.2, 0.25) is 0 Å². The van der Waals surface area contributed by atoms with Gasteiger partial charge in [-0.25, -0.2) is 0 Å². The van der Waals surface area contributed by atoms with Crippen LogP contribution >= 0.6 is 17.3 Å². The zero-order chi connectivity index (χ0) is 5.91. The van der Waals surface area contributed by atoms with E-state index >= 15 is 0 Å². The summed E-state index contributed by atoms with van der Waals surface area (Å²) in [4.78, 5) is 8.69. The van der Waals surface area contributed by atoms with Crippen molar-refractivity contribution >= 4 is 34.6 Å². The zero-order valence-electron chi connectivity index (χ0n) is 5.42. The molecule has 58 valence electrons. The molecule has 0 saturated heterocycles. The Morgan fingerprint density at radius 1 is 1.33 bits per heavy atom. The van der Waals surface area contributed by atoms with Crippen LogP contribution in [-0.2, 0) is 4.57 Å². The van der Waals surface area contributed by atoms with Crippen LogP contribution in [0.3, 0.4) is 0 Å². The monoisotopic (exact) mass is 186 g/mol. The molecule has 9 heavy (non-hydrogen) atoms. The lowest BCUT2D eigenvalue weighted by Crippen LogP contribution is -1.84. The van der Waals surface area contributed by atoms with Gasteiger partial charge in [-0.05, 0) is 0 Å². The van der Waals surface area contributed by atoms with Gasteiger partial charge in [0.25, 0.3) is 0 Å². The van der Waals surface area contributed by atoms with Gasteiger partial charge >= 0.3 is 0 Å². The molecule has 0 saturated carbocycles. The quantitative estimate of drug-likeness (QED) is 0.493. The highest BCUT2D eigenvalue weighted by atomic mass is 31.2. The Labute approximate surface area is 70.6 Å². The van der Waals surface area contributed by atoms with E-state index in [0.717, 1.165) is 0 Å². The summed E-state index contributed by atoms with van der Waals surface area (Å²) in [5.41, 5.74) is 0. The minimum atomic E-state index is -2.65. The van der Waals surface area contributed by atoms with Gasteiger partial charge in [-0.15, -0.1) is 0 Å². The largest absolute Gasteiger partial charge is 0.344 e. The summed E-state index contributed by atoms with van der Waals surface area (Å²) >= 11 is 0. The lowest BCUT2D eigenvalue weighted by atomic mass is 11.0. The second-order valence-electron chi connectivity index (χ2n) is 1.48. The van der Waals surface area contributed by atoms with Gasteiger partial charge in [-0.1, -0.05) is 13.8 Å². The standard InChI is InChI=1S/C4H11O2P.Al.H3P.3H/c1-3-7(5,6)4-2;;;;;/h3-4H2,1-2H3,(H,5,6);;1H3;;;. The second-order valence-corrected chi connectivity index (χ2v) is 4.44. The predicted molar refractivity (Wildman–Crippen MR) is 52.0 cm³/mol. The van der Waals surface area contributed by atoms with E-state index in [4.69, 9.17) is 4.89 Å². The van der Waals surface area contributed by atoms with Gasteiger partial charge in [0.1, 0.15) is 0 Å². The van der Waals surface area contributed by atoms with E-state index in [1.807, 2.05) is 0 Å². The van der Waals surface area contributed by atoms with Gasteiger partial charge in [0, 0.05) is 12.3 Å². The molecule has 2 nitrogen and oxygen atoms in total. The molecule has 0 bridgehead atoms. The van der Waals surface area contributed by atoms with Crippen molar-refractivity contribution in [1.29, 1.82) is 0 Å². The average Bonchev–Trinajstić information content (AvgIpc) is 1.68. The van der Waals surface area contributed by atoms with Crippen LogP contribution in [0.5, 0.6) is 0 Å². The SMILES string of the molecule is CCP(=O)(O)CC.P.[AlH3]. The van der Waals surface area contributed by atoms with E-state index in [9.17, 15) is 4.57 Å². The first kappa shape index (κ1) is 16.6. The highest BCUT2D eigenvalue weighted by molar-refractivity contribution is 7.57. The summed E-state index contributed by atoms with van der Waals surface area (Å²) < 4.78 is 10.5. The molecule has 0 aliphatic carbocycles. The smallest absolute Gasteiger partial charge is 0.200 e. The molecule has 0 rings (SSSR count). The second kappa shape index (κ2) is 7.26. The molecular weight excluding hydrogens is 169 g/mol. The van der Waals surface area contributed by atoms with Crippen LogP contribution in [0.4, 0.5) is 0 Å². The van der Waals surface area contributed by atoms with Gasteiger partial charge in [-0.2, -0.15) is 9.90 Å². The van der Waals surface area contributed by atoms with Crippen molar-refractivity contribution in [2.75, 3.05) is 12.3 Å². The first-order valence-electron chi connectivity index (χ1n) is 2.43. The summed E-state index contributed by atoms with van der Waals surface area (Å²) in [6.45, 7) is 3.45. The van der Waals surface area contributed by atoms with Crippen molar-refractivity contribution in [3.8, 4) is 0 Å². The van der Waals surface area contributed by atoms with Gasteiger partial charge in [0.2, 0.25) is 0 Å². The van der Waals surface area contributed by atoms with Crippen molar-refractivity contribution < 1.29 is 9.46 Å². The molecule has 0 aromatic carbocycles. The molecule has 5 heteroatoms. The molecule has 0 aromatic heterocycles. The first-order chi connectivity index (χ1) is 3.12. The van der Waals surface area contributed by atoms with Gasteiger partial charge in [0.15, 0.2) is 24.7 Å². The van der Waals surface area contributed by atoms with Gasteiger partial charge in [-0.3, -0.25) is 4.57 Å². The van der Waals surface area contributed by atoms with Crippen molar-refractivity contribution in [2.45, 2.75) is 13.8 Å². The van der Waals surface area contributed by atoms with Crippen LogP contribution in [-0.4, -0.2) is 34.6 Å². The Kier molecular flexibility index (Phi) is 13.4. The van der Waals surface area contributed by atoms with E-state index in [-0.39, 0.29) is 27.3 Å². The summed E-state index contributed by atoms with van der Waals surface area (Å²) in [6.07, 6.45) is 0.812. The Hall–Kier alpha value is 1.15. The molecule has 1 N–H and O–H groups in total. The fourth-order valence-corrected chi connectivity index (χ4v) is 0.671. The number of hydrogen-bond acceptors (Lipinski definition) is 1. The normalized spacial score (nSPS) is 9.22. The van der Waals surface area contributed by atoms with Gasteiger partial charge in [0.05, 0.1) is 0 Å². The Morgan fingerprint density at radius 2 is 1.56 bits per heavy atom. The lowest BCUT2D eigenvalue weighted by Gasteiger charge is -2.01. The van der Waals surface area contributed by atoms with Crippen LogP contribution in [0, 0.1) is 0 Å². The Morgan fingerprint density at radius 3 is 1.56 bits per heavy atom. The maximum absolute atomic E-state index is 10.5. The molecule has 0 radical (unpaired) electrons. The molecule has 0 aliphatic heterocycles. The van der Waals surface area contributed by atoms with E-state index in [1.54, 1.807) is 13.8 Å². The van der Waals surface area contributed by atoms with Crippen LogP contribution in [0.25, 0.3) is 0 Å². The third kappa shape index (κ3) is 9.15.